The van der Waals surface area contributed by atoms with Crippen LogP contribution in [0.1, 0.15) is 56.1 Å². The predicted molar refractivity (Wildman–Crippen MR) is 108 cm³/mol. The van der Waals surface area contributed by atoms with Gasteiger partial charge in [-0.15, -0.1) is 0 Å². The molecule has 4 atom stereocenters. The summed E-state index contributed by atoms with van der Waals surface area (Å²) in [4.78, 5) is 13.1. The van der Waals surface area contributed by atoms with Crippen molar-refractivity contribution in [3.63, 3.8) is 0 Å². The number of unbranched alkanes of at least 4 members (excludes halogenated alkanes) is 2. The second-order valence-electron chi connectivity index (χ2n) is 7.51. The van der Waals surface area contributed by atoms with Gasteiger partial charge < -0.3 is 20.5 Å². The van der Waals surface area contributed by atoms with Gasteiger partial charge in [-0.25, -0.2) is 15.0 Å². The van der Waals surface area contributed by atoms with Gasteiger partial charge >= 0.3 is 0 Å². The highest BCUT2D eigenvalue weighted by molar-refractivity contribution is 5.82. The Balaban J connectivity index is 1.68. The first-order valence-electron chi connectivity index (χ1n) is 9.85. The van der Waals surface area contributed by atoms with Gasteiger partial charge in [-0.2, -0.15) is 5.10 Å². The molecule has 3 heterocycles. The average molecular weight is 395 g/mol. The molecule has 0 saturated heterocycles. The molecular weight excluding hydrogens is 370 g/mol. The number of aryl methyl sites for hydroxylation is 1. The lowest BCUT2D eigenvalue weighted by Crippen LogP contribution is -2.30. The minimum Gasteiger partial charge on any atom is -0.388 e. The van der Waals surface area contributed by atoms with E-state index in [0.717, 1.165) is 24.8 Å². The van der Waals surface area contributed by atoms with Crippen LogP contribution in [0.15, 0.2) is 18.7 Å². The van der Waals surface area contributed by atoms with Crippen molar-refractivity contribution < 1.29 is 10.2 Å². The molecule has 3 aromatic heterocycles. The summed E-state index contributed by atoms with van der Waals surface area (Å²) >= 11 is 0. The first-order valence-corrected chi connectivity index (χ1v) is 9.85. The topological polar surface area (TPSA) is 128 Å². The summed E-state index contributed by atoms with van der Waals surface area (Å²) in [5, 5.41) is 25.6. The number of imidazole rings is 1. The summed E-state index contributed by atoms with van der Waals surface area (Å²) in [5.41, 5.74) is 8.02. The molecule has 0 radical (unpaired) electrons. The van der Waals surface area contributed by atoms with Gasteiger partial charge in [0, 0.05) is 12.6 Å². The molecule has 0 amide bonds. The molecule has 29 heavy (non-hydrogen) atoms. The molecule has 9 heteroatoms. The fourth-order valence-corrected chi connectivity index (χ4v) is 3.78. The van der Waals surface area contributed by atoms with Crippen LogP contribution in [0.3, 0.4) is 0 Å². The zero-order valence-corrected chi connectivity index (χ0v) is 16.5. The third-order valence-electron chi connectivity index (χ3n) is 5.35. The normalized spacial score (nSPS) is 24.0. The van der Waals surface area contributed by atoms with Crippen molar-refractivity contribution in [2.45, 2.75) is 63.8 Å². The number of aromatic nitrogens is 6. The summed E-state index contributed by atoms with van der Waals surface area (Å²) in [5.74, 6) is 6.60. The monoisotopic (exact) mass is 395 g/mol. The Morgan fingerprint density at radius 2 is 2.03 bits per heavy atom. The Morgan fingerprint density at radius 3 is 2.76 bits per heavy atom. The SMILES string of the molecule is CCCCC#Cc1nc(N)c2ncn([C@@H]3C[C@H](n4cc(C)cn4)[C@@H](O)[C@H]3O)c2n1. The number of nitrogens with zero attached hydrogens (tertiary/aromatic N) is 6. The zero-order chi connectivity index (χ0) is 20.5. The first kappa shape index (κ1) is 19.4. The molecule has 4 rings (SSSR count). The quantitative estimate of drug-likeness (QED) is 0.449. The highest BCUT2D eigenvalue weighted by Crippen LogP contribution is 2.39. The van der Waals surface area contributed by atoms with Crippen LogP contribution in [0.25, 0.3) is 11.2 Å². The Hall–Kier alpha value is -2.96. The second-order valence-corrected chi connectivity index (χ2v) is 7.51. The number of fused-ring (bicyclic) bond motifs is 1. The lowest BCUT2D eigenvalue weighted by Gasteiger charge is -2.18. The highest BCUT2D eigenvalue weighted by Gasteiger charge is 2.44. The van der Waals surface area contributed by atoms with Gasteiger partial charge in [0.05, 0.1) is 24.6 Å². The van der Waals surface area contributed by atoms with E-state index in [9.17, 15) is 10.2 Å². The third-order valence-corrected chi connectivity index (χ3v) is 5.35. The van der Waals surface area contributed by atoms with Crippen molar-refractivity contribution in [2.24, 2.45) is 0 Å². The number of aliphatic hydroxyl groups excluding tert-OH is 2. The maximum atomic E-state index is 10.7. The lowest BCUT2D eigenvalue weighted by atomic mass is 10.2. The molecule has 4 N–H and O–H groups in total. The van der Waals surface area contributed by atoms with Crippen LogP contribution >= 0.6 is 0 Å². The summed E-state index contributed by atoms with van der Waals surface area (Å²) in [7, 11) is 0. The summed E-state index contributed by atoms with van der Waals surface area (Å²) in [6.07, 6.45) is 6.58. The second kappa shape index (κ2) is 7.81. The zero-order valence-electron chi connectivity index (χ0n) is 16.5. The van der Waals surface area contributed by atoms with E-state index in [0.29, 0.717) is 23.4 Å². The minimum atomic E-state index is -0.989. The minimum absolute atomic E-state index is 0.251. The number of hydrogen-bond donors (Lipinski definition) is 3. The molecular formula is C20H25N7O2. The number of aliphatic hydroxyl groups is 2. The van der Waals surface area contributed by atoms with Crippen LogP contribution in [0.2, 0.25) is 0 Å². The number of nitrogens with two attached hydrogens (primary N) is 1. The van der Waals surface area contributed by atoms with Crippen molar-refractivity contribution >= 4 is 17.0 Å². The first-order chi connectivity index (χ1) is 14.0. The number of rotatable bonds is 4. The fraction of sp³-hybridized carbons (Fsp3) is 0.500. The molecule has 1 fully saturated rings. The van der Waals surface area contributed by atoms with E-state index in [-0.39, 0.29) is 11.9 Å². The molecule has 1 aliphatic rings. The Bertz CT molecular complexity index is 1080. The van der Waals surface area contributed by atoms with Gasteiger partial charge in [-0.1, -0.05) is 19.3 Å². The van der Waals surface area contributed by atoms with E-state index in [1.54, 1.807) is 21.8 Å². The number of nitrogen functional groups attached to an aromatic ring is 1. The largest absolute Gasteiger partial charge is 0.388 e. The van der Waals surface area contributed by atoms with Crippen molar-refractivity contribution in [2.75, 3.05) is 5.73 Å². The van der Waals surface area contributed by atoms with Crippen LogP contribution in [-0.2, 0) is 0 Å². The van der Waals surface area contributed by atoms with Gasteiger partial charge in [0.2, 0.25) is 5.82 Å². The smallest absolute Gasteiger partial charge is 0.208 e. The van der Waals surface area contributed by atoms with Gasteiger partial charge in [-0.3, -0.25) is 4.68 Å². The van der Waals surface area contributed by atoms with Crippen molar-refractivity contribution in [1.82, 2.24) is 29.3 Å². The van der Waals surface area contributed by atoms with E-state index in [2.05, 4.69) is 38.8 Å². The molecule has 0 spiro atoms. The summed E-state index contributed by atoms with van der Waals surface area (Å²) in [6, 6.07) is -0.756. The van der Waals surface area contributed by atoms with Crippen molar-refractivity contribution in [3.8, 4) is 11.8 Å². The van der Waals surface area contributed by atoms with Gasteiger partial charge in [-0.05, 0) is 31.2 Å². The van der Waals surface area contributed by atoms with Gasteiger partial charge in [0.25, 0.3) is 0 Å². The van der Waals surface area contributed by atoms with Crippen LogP contribution in [0, 0.1) is 18.8 Å². The summed E-state index contributed by atoms with van der Waals surface area (Å²) in [6.45, 7) is 4.05. The van der Waals surface area contributed by atoms with Crippen molar-refractivity contribution in [3.05, 3.63) is 30.1 Å². The Labute approximate surface area is 168 Å². The Kier molecular flexibility index (Phi) is 5.22. The molecule has 0 aromatic carbocycles. The van der Waals surface area contributed by atoms with Crippen molar-refractivity contribution in [1.29, 1.82) is 0 Å². The average Bonchev–Trinajstić information content (AvgIpc) is 3.38. The van der Waals surface area contributed by atoms with E-state index >= 15 is 0 Å². The third kappa shape index (κ3) is 3.57. The molecule has 0 unspecified atom stereocenters. The van der Waals surface area contributed by atoms with E-state index in [1.807, 2.05) is 13.1 Å². The molecule has 0 bridgehead atoms. The summed E-state index contributed by atoms with van der Waals surface area (Å²) < 4.78 is 3.46. The molecule has 1 aliphatic carbocycles. The molecule has 0 aliphatic heterocycles. The fourth-order valence-electron chi connectivity index (χ4n) is 3.78. The van der Waals surface area contributed by atoms with Crippen LogP contribution in [-0.4, -0.2) is 51.7 Å². The number of hydrogen-bond acceptors (Lipinski definition) is 7. The maximum absolute atomic E-state index is 10.7. The van der Waals surface area contributed by atoms with Crippen LogP contribution in [0.5, 0.6) is 0 Å². The Morgan fingerprint density at radius 1 is 1.24 bits per heavy atom. The standard InChI is InChI=1S/C20H25N7O2/c1-3-4-5-6-7-15-24-19(21)16-20(25-15)26(11-22-16)13-8-14(18(29)17(13)28)27-10-12(2)9-23-27/h9-11,13-14,17-18,28-29H,3-5,8H2,1-2H3,(H2,21,24,25)/t13-,14+,17+,18-/m1/s1. The van der Waals surface area contributed by atoms with E-state index in [1.165, 1.54) is 0 Å². The molecule has 152 valence electrons. The predicted octanol–water partition coefficient (Wildman–Crippen LogP) is 1.36. The van der Waals surface area contributed by atoms with E-state index in [4.69, 9.17) is 5.73 Å². The van der Waals surface area contributed by atoms with Crippen LogP contribution < -0.4 is 5.73 Å². The van der Waals surface area contributed by atoms with E-state index < -0.39 is 18.2 Å². The van der Waals surface area contributed by atoms with Gasteiger partial charge in [0.15, 0.2) is 11.5 Å². The molecule has 9 nitrogen and oxygen atoms in total. The lowest BCUT2D eigenvalue weighted by molar-refractivity contribution is 0.00721. The molecule has 1 saturated carbocycles. The van der Waals surface area contributed by atoms with Gasteiger partial charge in [0.1, 0.15) is 17.7 Å². The molecule has 3 aromatic rings. The maximum Gasteiger partial charge on any atom is 0.208 e. The highest BCUT2D eigenvalue weighted by atomic mass is 16.3. The van der Waals surface area contributed by atoms with Crippen LogP contribution in [0.4, 0.5) is 5.82 Å². The number of anilines is 1.